The Labute approximate surface area is 117 Å². The monoisotopic (exact) mass is 291 g/mol. The summed E-state index contributed by atoms with van der Waals surface area (Å²) in [6, 6.07) is 4.65. The highest BCUT2D eigenvalue weighted by Gasteiger charge is 2.25. The minimum Gasteiger partial charge on any atom is -0.337 e. The Morgan fingerprint density at radius 2 is 2.15 bits per heavy atom. The average Bonchev–Trinajstić information content (AvgIpc) is 2.84. The number of nitriles is 1. The number of pyridine rings is 1. The molecule has 0 spiro atoms. The maximum absolute atomic E-state index is 12.4. The molecule has 0 aliphatic carbocycles. The molecule has 2 aromatic heterocycles. The summed E-state index contributed by atoms with van der Waals surface area (Å²) in [7, 11) is -0.552. The Bertz CT molecular complexity index is 760. The highest BCUT2D eigenvalue weighted by molar-refractivity contribution is 7.89. The molecule has 0 aliphatic heterocycles. The van der Waals surface area contributed by atoms with Crippen LogP contribution in [0.4, 0.5) is 0 Å². The van der Waals surface area contributed by atoms with Crippen LogP contribution in [0.3, 0.4) is 0 Å². The van der Waals surface area contributed by atoms with E-state index >= 15 is 0 Å². The minimum absolute atomic E-state index is 0.0980. The van der Waals surface area contributed by atoms with E-state index in [1.165, 1.54) is 25.4 Å². The smallest absolute Gasteiger partial charge is 0.246 e. The summed E-state index contributed by atoms with van der Waals surface area (Å²) >= 11 is 0. The molecule has 0 saturated carbocycles. The predicted molar refractivity (Wildman–Crippen MR) is 70.8 cm³/mol. The van der Waals surface area contributed by atoms with Gasteiger partial charge in [-0.25, -0.2) is 18.4 Å². The Hall–Kier alpha value is -2.24. The fourth-order valence-corrected chi connectivity index (χ4v) is 2.90. The lowest BCUT2D eigenvalue weighted by molar-refractivity contribution is 0.451. The van der Waals surface area contributed by atoms with Crippen LogP contribution >= 0.6 is 0 Å². The minimum atomic E-state index is -3.78. The van der Waals surface area contributed by atoms with Gasteiger partial charge in [-0.05, 0) is 12.1 Å². The van der Waals surface area contributed by atoms with Crippen LogP contribution in [0.5, 0.6) is 0 Å². The van der Waals surface area contributed by atoms with Gasteiger partial charge in [0.05, 0.1) is 6.54 Å². The van der Waals surface area contributed by atoms with Crippen molar-refractivity contribution in [3.8, 4) is 6.07 Å². The Morgan fingerprint density at radius 1 is 1.40 bits per heavy atom. The highest BCUT2D eigenvalue weighted by atomic mass is 32.2. The third-order valence-corrected chi connectivity index (χ3v) is 4.68. The first-order chi connectivity index (χ1) is 9.46. The second kappa shape index (κ2) is 5.40. The highest BCUT2D eigenvalue weighted by Crippen LogP contribution is 2.18. The summed E-state index contributed by atoms with van der Waals surface area (Å²) in [6.45, 7) is 0.117. The second-order valence-electron chi connectivity index (χ2n) is 4.18. The predicted octanol–water partition coefficient (Wildman–Crippen LogP) is 0.507. The number of sulfonamides is 1. The molecule has 104 valence electrons. The van der Waals surface area contributed by atoms with Crippen molar-refractivity contribution < 1.29 is 8.42 Å². The summed E-state index contributed by atoms with van der Waals surface area (Å²) < 4.78 is 27.8. The molecule has 0 aliphatic rings. The van der Waals surface area contributed by atoms with Crippen LogP contribution in [-0.2, 0) is 23.6 Å². The molecular formula is C12H13N5O2S. The number of nitrogens with zero attached hydrogens (tertiary/aromatic N) is 5. The SMILES string of the molecule is CN(Cc1nccn1C)S(=O)(=O)c1cccnc1C#N. The van der Waals surface area contributed by atoms with E-state index in [9.17, 15) is 8.42 Å². The van der Waals surface area contributed by atoms with Crippen molar-refractivity contribution in [2.45, 2.75) is 11.4 Å². The van der Waals surface area contributed by atoms with E-state index < -0.39 is 10.0 Å². The van der Waals surface area contributed by atoms with Gasteiger partial charge >= 0.3 is 0 Å². The van der Waals surface area contributed by atoms with Gasteiger partial charge < -0.3 is 4.57 Å². The van der Waals surface area contributed by atoms with Crippen LogP contribution in [0, 0.1) is 11.3 Å². The molecule has 0 fully saturated rings. The Kier molecular flexibility index (Phi) is 3.83. The average molecular weight is 291 g/mol. The van der Waals surface area contributed by atoms with E-state index in [-0.39, 0.29) is 17.1 Å². The molecule has 0 bridgehead atoms. The van der Waals surface area contributed by atoms with Gasteiger partial charge in [-0.2, -0.15) is 9.57 Å². The van der Waals surface area contributed by atoms with Crippen LogP contribution < -0.4 is 0 Å². The van der Waals surface area contributed by atoms with E-state index in [1.54, 1.807) is 30.1 Å². The van der Waals surface area contributed by atoms with Gasteiger partial charge in [0.2, 0.25) is 10.0 Å². The molecule has 2 rings (SSSR count). The first-order valence-electron chi connectivity index (χ1n) is 5.74. The number of aryl methyl sites for hydroxylation is 1. The summed E-state index contributed by atoms with van der Waals surface area (Å²) in [5, 5.41) is 8.95. The van der Waals surface area contributed by atoms with E-state index in [0.29, 0.717) is 5.82 Å². The lowest BCUT2D eigenvalue weighted by atomic mass is 10.4. The fourth-order valence-electron chi connectivity index (χ4n) is 1.68. The van der Waals surface area contributed by atoms with Crippen molar-refractivity contribution in [2.75, 3.05) is 7.05 Å². The number of rotatable bonds is 4. The lowest BCUT2D eigenvalue weighted by Crippen LogP contribution is -2.28. The first-order valence-corrected chi connectivity index (χ1v) is 7.18. The van der Waals surface area contributed by atoms with Crippen molar-refractivity contribution in [3.05, 3.63) is 42.2 Å². The second-order valence-corrected chi connectivity index (χ2v) is 6.19. The summed E-state index contributed by atoms with van der Waals surface area (Å²) in [4.78, 5) is 7.76. The number of hydrogen-bond acceptors (Lipinski definition) is 5. The van der Waals surface area contributed by atoms with Gasteiger partial charge in [-0.1, -0.05) is 0 Å². The van der Waals surface area contributed by atoms with Crippen LogP contribution in [0.1, 0.15) is 11.5 Å². The third kappa shape index (κ3) is 2.54. The van der Waals surface area contributed by atoms with Crippen molar-refractivity contribution in [3.63, 3.8) is 0 Å². The van der Waals surface area contributed by atoms with Crippen molar-refractivity contribution in [1.82, 2.24) is 18.8 Å². The molecule has 0 atom stereocenters. The molecule has 0 unspecified atom stereocenters. The van der Waals surface area contributed by atoms with Crippen LogP contribution in [0.25, 0.3) is 0 Å². The normalized spacial score (nSPS) is 11.5. The zero-order chi connectivity index (χ0) is 14.8. The van der Waals surface area contributed by atoms with Gasteiger partial charge in [-0.15, -0.1) is 0 Å². The summed E-state index contributed by atoms with van der Waals surface area (Å²) in [6.07, 6.45) is 4.72. The van der Waals surface area contributed by atoms with Crippen LogP contribution in [-0.4, -0.2) is 34.3 Å². The first kappa shape index (κ1) is 14.2. The third-order valence-electron chi connectivity index (χ3n) is 2.85. The molecule has 0 amide bonds. The van der Waals surface area contributed by atoms with Crippen LogP contribution in [0.15, 0.2) is 35.6 Å². The molecule has 8 heteroatoms. The van der Waals surface area contributed by atoms with Gasteiger partial charge in [0.1, 0.15) is 16.8 Å². The van der Waals surface area contributed by atoms with Crippen molar-refractivity contribution in [2.24, 2.45) is 7.05 Å². The molecule has 0 saturated heterocycles. The largest absolute Gasteiger partial charge is 0.337 e. The molecule has 0 aromatic carbocycles. The molecule has 2 aromatic rings. The molecule has 0 radical (unpaired) electrons. The molecule has 20 heavy (non-hydrogen) atoms. The van der Waals surface area contributed by atoms with Gasteiger partial charge in [-0.3, -0.25) is 0 Å². The van der Waals surface area contributed by atoms with E-state index in [1.807, 2.05) is 0 Å². The Morgan fingerprint density at radius 3 is 2.75 bits per heavy atom. The van der Waals surface area contributed by atoms with Crippen molar-refractivity contribution in [1.29, 1.82) is 5.26 Å². The standard InChI is InChI=1S/C12H13N5O2S/c1-16-7-6-15-12(16)9-17(2)20(18,19)11-4-3-5-14-10(11)8-13/h3-7H,9H2,1-2H3. The number of hydrogen-bond donors (Lipinski definition) is 0. The van der Waals surface area contributed by atoms with Crippen LogP contribution in [0.2, 0.25) is 0 Å². The molecule has 2 heterocycles. The number of aromatic nitrogens is 3. The number of imidazole rings is 1. The topological polar surface area (TPSA) is 91.9 Å². The van der Waals surface area contributed by atoms with Gasteiger partial charge in [0.25, 0.3) is 0 Å². The molecular weight excluding hydrogens is 278 g/mol. The summed E-state index contributed by atoms with van der Waals surface area (Å²) in [5.41, 5.74) is -0.112. The van der Waals surface area contributed by atoms with Gasteiger partial charge in [0, 0.05) is 32.7 Å². The Balaban J connectivity index is 2.35. The maximum Gasteiger partial charge on any atom is 0.246 e. The summed E-state index contributed by atoms with van der Waals surface area (Å²) in [5.74, 6) is 0.610. The molecule has 0 N–H and O–H groups in total. The molecule has 7 nitrogen and oxygen atoms in total. The lowest BCUT2D eigenvalue weighted by Gasteiger charge is -2.17. The van der Waals surface area contributed by atoms with Crippen molar-refractivity contribution >= 4 is 10.0 Å². The van der Waals surface area contributed by atoms with E-state index in [0.717, 1.165) is 4.31 Å². The maximum atomic E-state index is 12.4. The van der Waals surface area contributed by atoms with E-state index in [2.05, 4.69) is 9.97 Å². The zero-order valence-electron chi connectivity index (χ0n) is 11.1. The zero-order valence-corrected chi connectivity index (χ0v) is 11.9. The van der Waals surface area contributed by atoms with E-state index in [4.69, 9.17) is 5.26 Å². The fraction of sp³-hybridized carbons (Fsp3) is 0.250. The quantitative estimate of drug-likeness (QED) is 0.818. The van der Waals surface area contributed by atoms with Gasteiger partial charge in [0.15, 0.2) is 5.69 Å².